The topological polar surface area (TPSA) is 4.93 Å². The van der Waals surface area contributed by atoms with Crippen LogP contribution in [-0.4, -0.2) is 4.57 Å². The lowest BCUT2D eigenvalue weighted by Gasteiger charge is -2.18. The average molecular weight is 594 g/mol. The summed E-state index contributed by atoms with van der Waals surface area (Å²) in [5, 5.41) is 18.2. The molecule has 47 heavy (non-hydrogen) atoms. The fourth-order valence-corrected chi connectivity index (χ4v) is 8.55. The quantitative estimate of drug-likeness (QED) is 0.176. The molecule has 10 aromatic carbocycles. The van der Waals surface area contributed by atoms with Crippen molar-refractivity contribution in [3.05, 3.63) is 164 Å². The molecule has 0 saturated heterocycles. The summed E-state index contributed by atoms with van der Waals surface area (Å²) in [6.45, 7) is 0. The lowest BCUT2D eigenvalue weighted by Crippen LogP contribution is -1.97. The molecule has 0 unspecified atom stereocenters. The predicted molar refractivity (Wildman–Crippen MR) is 202 cm³/mol. The summed E-state index contributed by atoms with van der Waals surface area (Å²) in [6, 6.07) is 60.7. The van der Waals surface area contributed by atoms with Gasteiger partial charge in [0.05, 0.1) is 16.7 Å². The summed E-state index contributed by atoms with van der Waals surface area (Å²) in [7, 11) is 0. The zero-order chi connectivity index (χ0) is 30.6. The van der Waals surface area contributed by atoms with Gasteiger partial charge >= 0.3 is 0 Å². The number of para-hydroxylation sites is 1. The van der Waals surface area contributed by atoms with E-state index in [0.717, 1.165) is 0 Å². The molecule has 216 valence electrons. The minimum Gasteiger partial charge on any atom is -0.308 e. The second kappa shape index (κ2) is 9.19. The van der Waals surface area contributed by atoms with Gasteiger partial charge in [0.1, 0.15) is 0 Å². The van der Waals surface area contributed by atoms with Gasteiger partial charge in [-0.1, -0.05) is 146 Å². The molecule has 0 N–H and O–H groups in total. The molecule has 0 amide bonds. The normalized spacial score (nSPS) is 12.3. The van der Waals surface area contributed by atoms with Crippen LogP contribution in [-0.2, 0) is 0 Å². The van der Waals surface area contributed by atoms with Gasteiger partial charge in [-0.05, 0) is 77.8 Å². The number of hydrogen-bond acceptors (Lipinski definition) is 0. The third-order valence-electron chi connectivity index (χ3n) is 10.5. The van der Waals surface area contributed by atoms with Crippen molar-refractivity contribution in [1.29, 1.82) is 0 Å². The highest BCUT2D eigenvalue weighted by atomic mass is 15.0. The highest BCUT2D eigenvalue weighted by Gasteiger charge is 2.23. The third-order valence-corrected chi connectivity index (χ3v) is 10.5. The first kappa shape index (κ1) is 25.1. The van der Waals surface area contributed by atoms with Crippen LogP contribution in [0.1, 0.15) is 0 Å². The first-order valence-electron chi connectivity index (χ1n) is 16.4. The smallest absolute Gasteiger partial charge is 0.0626 e. The summed E-state index contributed by atoms with van der Waals surface area (Å²) in [5.74, 6) is 0. The van der Waals surface area contributed by atoms with E-state index in [0.29, 0.717) is 0 Å². The molecular weight excluding hydrogens is 567 g/mol. The fraction of sp³-hybridized carbons (Fsp3) is 0. The molecule has 0 radical (unpaired) electrons. The molecule has 0 aliphatic rings. The Kier molecular flexibility index (Phi) is 4.90. The molecule has 11 aromatic rings. The van der Waals surface area contributed by atoms with Gasteiger partial charge in [0.15, 0.2) is 0 Å². The predicted octanol–water partition coefficient (Wildman–Crippen LogP) is 12.8. The van der Waals surface area contributed by atoms with E-state index in [9.17, 15) is 0 Å². The van der Waals surface area contributed by atoms with E-state index >= 15 is 0 Å². The molecule has 0 spiro atoms. The maximum Gasteiger partial charge on any atom is 0.0626 e. The molecule has 0 atom stereocenters. The Labute approximate surface area is 270 Å². The Balaban J connectivity index is 1.40. The highest BCUT2D eigenvalue weighted by Crippen LogP contribution is 2.48. The minimum atomic E-state index is 1.22. The maximum absolute atomic E-state index is 2.55. The molecule has 0 aliphatic carbocycles. The van der Waals surface area contributed by atoms with Gasteiger partial charge in [0.25, 0.3) is 0 Å². The Morgan fingerprint density at radius 3 is 1.74 bits per heavy atom. The van der Waals surface area contributed by atoms with Gasteiger partial charge in [-0.25, -0.2) is 0 Å². The standard InChI is InChI=1S/C46H27N/c1-2-11-28(12-3-1)38-27-39-33-16-5-7-18-35(33)46-45(44(39)34-17-6-4-15-32(34)38)36-19-8-9-20-40(36)47(46)41-26-24-31-22-21-29-13-10-14-30-23-25-37(41)43(31)42(29)30/h1-27H. The van der Waals surface area contributed by atoms with Gasteiger partial charge in [-0.3, -0.25) is 0 Å². The summed E-state index contributed by atoms with van der Waals surface area (Å²) >= 11 is 0. The van der Waals surface area contributed by atoms with E-state index in [4.69, 9.17) is 0 Å². The van der Waals surface area contributed by atoms with Gasteiger partial charge in [-0.15, -0.1) is 0 Å². The van der Waals surface area contributed by atoms with E-state index in [2.05, 4.69) is 168 Å². The lowest BCUT2D eigenvalue weighted by atomic mass is 9.88. The fourth-order valence-electron chi connectivity index (χ4n) is 8.55. The molecule has 1 heterocycles. The zero-order valence-corrected chi connectivity index (χ0v) is 25.5. The third kappa shape index (κ3) is 3.28. The second-order valence-electron chi connectivity index (χ2n) is 12.8. The van der Waals surface area contributed by atoms with Gasteiger partial charge in [0.2, 0.25) is 0 Å². The average Bonchev–Trinajstić information content (AvgIpc) is 3.49. The number of nitrogens with zero attached hydrogens (tertiary/aromatic N) is 1. The van der Waals surface area contributed by atoms with Crippen molar-refractivity contribution in [2.45, 2.75) is 0 Å². The van der Waals surface area contributed by atoms with Crippen LogP contribution < -0.4 is 0 Å². The molecule has 1 nitrogen and oxygen atoms in total. The van der Waals surface area contributed by atoms with Crippen LogP contribution in [0.15, 0.2) is 164 Å². The number of aromatic nitrogens is 1. The first-order chi connectivity index (χ1) is 23.3. The van der Waals surface area contributed by atoms with Crippen LogP contribution in [0.2, 0.25) is 0 Å². The molecule has 0 aliphatic heterocycles. The largest absolute Gasteiger partial charge is 0.308 e. The van der Waals surface area contributed by atoms with E-state index in [-0.39, 0.29) is 0 Å². The summed E-state index contributed by atoms with van der Waals surface area (Å²) in [4.78, 5) is 0. The van der Waals surface area contributed by atoms with Crippen molar-refractivity contribution in [1.82, 2.24) is 4.57 Å². The van der Waals surface area contributed by atoms with Crippen LogP contribution in [0.4, 0.5) is 0 Å². The van der Waals surface area contributed by atoms with Crippen LogP contribution in [0.3, 0.4) is 0 Å². The molecule has 1 aromatic heterocycles. The number of hydrogen-bond donors (Lipinski definition) is 0. The van der Waals surface area contributed by atoms with E-state index in [1.807, 2.05) is 0 Å². The van der Waals surface area contributed by atoms with Crippen molar-refractivity contribution < 1.29 is 0 Å². The van der Waals surface area contributed by atoms with Crippen LogP contribution in [0.5, 0.6) is 0 Å². The molecule has 0 fully saturated rings. The lowest BCUT2D eigenvalue weighted by molar-refractivity contribution is 1.21. The Morgan fingerprint density at radius 2 is 0.936 bits per heavy atom. The van der Waals surface area contributed by atoms with Gasteiger partial charge < -0.3 is 4.57 Å². The monoisotopic (exact) mass is 593 g/mol. The van der Waals surface area contributed by atoms with E-state index < -0.39 is 0 Å². The molecule has 11 rings (SSSR count). The van der Waals surface area contributed by atoms with Crippen LogP contribution >= 0.6 is 0 Å². The summed E-state index contributed by atoms with van der Waals surface area (Å²) < 4.78 is 2.55. The maximum atomic E-state index is 2.55. The molecule has 0 saturated carbocycles. The zero-order valence-electron chi connectivity index (χ0n) is 25.5. The minimum absolute atomic E-state index is 1.22. The van der Waals surface area contributed by atoms with Crippen molar-refractivity contribution in [2.75, 3.05) is 0 Å². The van der Waals surface area contributed by atoms with E-state index in [1.165, 1.54) is 103 Å². The van der Waals surface area contributed by atoms with Crippen molar-refractivity contribution >= 4 is 86.4 Å². The molecular formula is C46H27N. The first-order valence-corrected chi connectivity index (χ1v) is 16.4. The van der Waals surface area contributed by atoms with Crippen molar-refractivity contribution in [2.24, 2.45) is 0 Å². The van der Waals surface area contributed by atoms with E-state index in [1.54, 1.807) is 0 Å². The van der Waals surface area contributed by atoms with Crippen molar-refractivity contribution in [3.8, 4) is 16.8 Å². The number of rotatable bonds is 2. The summed E-state index contributed by atoms with van der Waals surface area (Å²) in [5.41, 5.74) is 6.23. The van der Waals surface area contributed by atoms with Gasteiger partial charge in [-0.2, -0.15) is 0 Å². The molecule has 1 heteroatoms. The second-order valence-corrected chi connectivity index (χ2v) is 12.8. The Hall–Kier alpha value is -6.18. The van der Waals surface area contributed by atoms with Crippen molar-refractivity contribution in [3.63, 3.8) is 0 Å². The highest BCUT2D eigenvalue weighted by molar-refractivity contribution is 6.38. The summed E-state index contributed by atoms with van der Waals surface area (Å²) in [6.07, 6.45) is 0. The van der Waals surface area contributed by atoms with Gasteiger partial charge in [0, 0.05) is 26.9 Å². The Bertz CT molecular complexity index is 3040. The molecule has 0 bridgehead atoms. The Morgan fingerprint density at radius 1 is 0.319 bits per heavy atom. The SMILES string of the molecule is c1ccc(-c2cc3c4ccccc4c4c(c5ccccc5n4-c4ccc5ccc6cccc7ccc4c5c67)c3c3ccccc23)cc1. The number of benzene rings is 10. The van der Waals surface area contributed by atoms with Crippen LogP contribution in [0, 0.1) is 0 Å². The number of fused-ring (bicyclic) bond motifs is 10. The van der Waals surface area contributed by atoms with Crippen LogP contribution in [0.25, 0.3) is 103 Å².